The van der Waals surface area contributed by atoms with E-state index in [0.29, 0.717) is 52.8 Å². The molecule has 1 amide bonds. The lowest BCUT2D eigenvalue weighted by Gasteiger charge is -2.14. The van der Waals surface area contributed by atoms with Gasteiger partial charge in [-0.3, -0.25) is 9.59 Å². The molecule has 44 heavy (non-hydrogen) atoms. The SMILES string of the molecule is CC.CCOCC(=O)c1cc(OC)c(Cl)cc1-c1cc(C(=O)NC2=CC=C(OCC)C=CC2)c(C)n1C.Cc1ccccc1. The van der Waals surface area contributed by atoms with E-state index in [1.54, 1.807) is 18.2 Å². The fourth-order valence-electron chi connectivity index (χ4n) is 4.32. The van der Waals surface area contributed by atoms with E-state index in [2.05, 4.69) is 24.4 Å². The Kier molecular flexibility index (Phi) is 15.2. The third-order valence-electron chi connectivity index (χ3n) is 6.68. The van der Waals surface area contributed by atoms with Crippen molar-refractivity contribution >= 4 is 23.3 Å². The smallest absolute Gasteiger partial charge is 0.257 e. The van der Waals surface area contributed by atoms with E-state index < -0.39 is 0 Å². The van der Waals surface area contributed by atoms with Crippen molar-refractivity contribution in [3.63, 3.8) is 0 Å². The zero-order valence-corrected chi connectivity index (χ0v) is 27.9. The molecule has 0 saturated heterocycles. The first kappa shape index (κ1) is 36.1. The van der Waals surface area contributed by atoms with Gasteiger partial charge in [0.1, 0.15) is 18.1 Å². The molecule has 0 atom stereocenters. The number of ether oxygens (including phenoxy) is 3. The minimum absolute atomic E-state index is 0.0655. The second-order valence-corrected chi connectivity index (χ2v) is 10.00. The summed E-state index contributed by atoms with van der Waals surface area (Å²) in [6.07, 6.45) is 8.08. The van der Waals surface area contributed by atoms with Gasteiger partial charge in [0.15, 0.2) is 5.78 Å². The van der Waals surface area contributed by atoms with Crippen LogP contribution in [0.2, 0.25) is 5.02 Å². The Bertz CT molecular complexity index is 1490. The molecule has 0 radical (unpaired) electrons. The molecule has 7 nitrogen and oxygen atoms in total. The number of rotatable bonds is 10. The number of Topliss-reactive ketones (excluding diaryl/α,β-unsaturated/α-hetero) is 1. The molecule has 1 aliphatic carbocycles. The van der Waals surface area contributed by atoms with Gasteiger partial charge in [-0.15, -0.1) is 0 Å². The number of carbonyl (C=O) groups is 2. The predicted octanol–water partition coefficient (Wildman–Crippen LogP) is 8.40. The Morgan fingerprint density at radius 2 is 1.68 bits per heavy atom. The van der Waals surface area contributed by atoms with Crippen LogP contribution in [0.4, 0.5) is 0 Å². The summed E-state index contributed by atoms with van der Waals surface area (Å²) < 4.78 is 18.1. The molecule has 1 heterocycles. The molecular weight excluding hydrogens is 576 g/mol. The van der Waals surface area contributed by atoms with Gasteiger partial charge in [-0.2, -0.15) is 0 Å². The topological polar surface area (TPSA) is 78.8 Å². The number of amides is 1. The summed E-state index contributed by atoms with van der Waals surface area (Å²) in [5, 5.41) is 3.36. The van der Waals surface area contributed by atoms with Gasteiger partial charge in [0.25, 0.3) is 5.91 Å². The molecule has 0 spiro atoms. The maximum Gasteiger partial charge on any atom is 0.257 e. The van der Waals surface area contributed by atoms with Crippen LogP contribution in [0.3, 0.4) is 0 Å². The van der Waals surface area contributed by atoms with Crippen LogP contribution in [-0.4, -0.2) is 43.2 Å². The van der Waals surface area contributed by atoms with Gasteiger partial charge in [-0.1, -0.05) is 67.4 Å². The number of hydrogen-bond donors (Lipinski definition) is 1. The summed E-state index contributed by atoms with van der Waals surface area (Å²) in [5.41, 5.74) is 5.03. The Balaban J connectivity index is 0.000000649. The van der Waals surface area contributed by atoms with Crippen molar-refractivity contribution in [3.05, 3.63) is 112 Å². The van der Waals surface area contributed by atoms with Gasteiger partial charge in [0.2, 0.25) is 0 Å². The monoisotopic (exact) mass is 620 g/mol. The minimum atomic E-state index is -0.237. The van der Waals surface area contributed by atoms with E-state index in [4.69, 9.17) is 25.8 Å². The van der Waals surface area contributed by atoms with Crippen molar-refractivity contribution in [3.8, 4) is 17.0 Å². The van der Waals surface area contributed by atoms with E-state index in [1.807, 2.05) is 88.7 Å². The molecule has 1 aromatic heterocycles. The van der Waals surface area contributed by atoms with Crippen LogP contribution in [0.25, 0.3) is 11.3 Å². The fourth-order valence-corrected chi connectivity index (χ4v) is 4.56. The molecular formula is C36H45ClN2O5. The second-order valence-electron chi connectivity index (χ2n) is 9.59. The Morgan fingerprint density at radius 3 is 2.27 bits per heavy atom. The normalized spacial score (nSPS) is 11.9. The van der Waals surface area contributed by atoms with Crippen molar-refractivity contribution in [2.24, 2.45) is 7.05 Å². The molecule has 0 fully saturated rings. The molecule has 1 N–H and O–H groups in total. The molecule has 4 rings (SSSR count). The molecule has 0 unspecified atom stereocenters. The number of benzene rings is 2. The maximum absolute atomic E-state index is 13.2. The largest absolute Gasteiger partial charge is 0.495 e. The minimum Gasteiger partial charge on any atom is -0.495 e. The number of allylic oxidation sites excluding steroid dienone is 4. The highest BCUT2D eigenvalue weighted by Crippen LogP contribution is 2.36. The first-order valence-electron chi connectivity index (χ1n) is 14.9. The number of nitrogens with zero attached hydrogens (tertiary/aromatic N) is 1. The van der Waals surface area contributed by atoms with Gasteiger partial charge in [0.05, 0.1) is 24.3 Å². The highest BCUT2D eigenvalue weighted by molar-refractivity contribution is 6.32. The van der Waals surface area contributed by atoms with Crippen molar-refractivity contribution in [2.45, 2.75) is 48.0 Å². The summed E-state index contributed by atoms with van der Waals surface area (Å²) in [6, 6.07) is 15.3. The summed E-state index contributed by atoms with van der Waals surface area (Å²) in [6.45, 7) is 12.6. The van der Waals surface area contributed by atoms with Gasteiger partial charge in [0, 0.05) is 48.3 Å². The quantitative estimate of drug-likeness (QED) is 0.230. The van der Waals surface area contributed by atoms with Crippen LogP contribution in [0.5, 0.6) is 5.75 Å². The van der Waals surface area contributed by atoms with Crippen LogP contribution in [0, 0.1) is 13.8 Å². The summed E-state index contributed by atoms with van der Waals surface area (Å²) >= 11 is 6.41. The number of aryl methyl sites for hydroxylation is 1. The van der Waals surface area contributed by atoms with Crippen LogP contribution in [-0.2, 0) is 16.5 Å². The zero-order valence-electron chi connectivity index (χ0n) is 27.1. The first-order chi connectivity index (χ1) is 21.2. The summed E-state index contributed by atoms with van der Waals surface area (Å²) in [7, 11) is 3.35. The standard InChI is InChI=1S/C27H31ClN2O5.C7H8.C2H6/c1-6-34-16-25(31)22-15-26(33-5)23(28)13-21(22)24-14-20(17(3)30(24)4)27(32)29-18-9-8-10-19(12-11-18)35-7-2;1-7-5-3-2-4-6-7;1-2/h8,10-15H,6-7,9,16H2,1-5H3,(H,29,32);2-6H,1H3;1-2H3. The molecule has 2 aromatic carbocycles. The van der Waals surface area contributed by atoms with E-state index in [9.17, 15) is 9.59 Å². The summed E-state index contributed by atoms with van der Waals surface area (Å²) in [5.74, 6) is 0.704. The summed E-state index contributed by atoms with van der Waals surface area (Å²) in [4.78, 5) is 26.1. The van der Waals surface area contributed by atoms with Gasteiger partial charge in [-0.25, -0.2) is 0 Å². The molecule has 0 saturated carbocycles. The molecule has 3 aromatic rings. The lowest BCUT2D eigenvalue weighted by molar-refractivity contribution is 0.0783. The molecule has 1 aliphatic rings. The first-order valence-corrected chi connectivity index (χ1v) is 15.3. The number of methoxy groups -OCH3 is 1. The van der Waals surface area contributed by atoms with E-state index in [1.165, 1.54) is 12.7 Å². The number of ketones is 1. The highest BCUT2D eigenvalue weighted by atomic mass is 35.5. The van der Waals surface area contributed by atoms with Crippen LogP contribution < -0.4 is 10.1 Å². The molecule has 0 aliphatic heterocycles. The van der Waals surface area contributed by atoms with Crippen LogP contribution in [0.15, 0.2) is 84.3 Å². The Hall–Kier alpha value is -4.07. The average Bonchev–Trinajstić information content (AvgIpc) is 3.16. The lowest BCUT2D eigenvalue weighted by Crippen LogP contribution is -2.23. The van der Waals surface area contributed by atoms with E-state index in [0.717, 1.165) is 17.2 Å². The molecule has 8 heteroatoms. The lowest BCUT2D eigenvalue weighted by atomic mass is 10.00. The van der Waals surface area contributed by atoms with Crippen molar-refractivity contribution in [1.82, 2.24) is 9.88 Å². The fraction of sp³-hybridized carbons (Fsp3) is 0.333. The number of nitrogens with one attached hydrogen (secondary N) is 1. The highest BCUT2D eigenvalue weighted by Gasteiger charge is 2.23. The molecule has 0 bridgehead atoms. The van der Waals surface area contributed by atoms with Crippen molar-refractivity contribution < 1.29 is 23.8 Å². The van der Waals surface area contributed by atoms with Crippen LogP contribution in [0.1, 0.15) is 66.1 Å². The third-order valence-corrected chi connectivity index (χ3v) is 6.98. The maximum atomic E-state index is 13.2. The van der Waals surface area contributed by atoms with E-state index in [-0.39, 0.29) is 18.3 Å². The Labute approximate surface area is 267 Å². The second kappa shape index (κ2) is 18.6. The number of carbonyl (C=O) groups excluding carboxylic acids is 2. The van der Waals surface area contributed by atoms with Gasteiger partial charge in [-0.05, 0) is 64.1 Å². The molecule has 236 valence electrons. The van der Waals surface area contributed by atoms with Gasteiger partial charge < -0.3 is 24.1 Å². The number of halogens is 1. The van der Waals surface area contributed by atoms with Crippen molar-refractivity contribution in [2.75, 3.05) is 26.9 Å². The van der Waals surface area contributed by atoms with Gasteiger partial charge >= 0.3 is 0 Å². The number of hydrogen-bond acceptors (Lipinski definition) is 5. The predicted molar refractivity (Wildman–Crippen MR) is 180 cm³/mol. The Morgan fingerprint density at radius 1 is 0.977 bits per heavy atom. The average molecular weight is 621 g/mol. The van der Waals surface area contributed by atoms with E-state index >= 15 is 0 Å². The number of aromatic nitrogens is 1. The third kappa shape index (κ3) is 10.00. The zero-order chi connectivity index (χ0) is 32.6. The van der Waals surface area contributed by atoms with Crippen molar-refractivity contribution in [1.29, 1.82) is 0 Å². The van der Waals surface area contributed by atoms with Crippen LogP contribution >= 0.6 is 11.6 Å².